The van der Waals surface area contributed by atoms with E-state index in [1.165, 1.54) is 36.8 Å². The maximum atomic E-state index is 13.7. The number of halogens is 1. The zero-order valence-electron chi connectivity index (χ0n) is 26.8. The van der Waals surface area contributed by atoms with Crippen LogP contribution in [-0.4, -0.2) is 62.6 Å². The van der Waals surface area contributed by atoms with Crippen LogP contribution in [0.3, 0.4) is 0 Å². The molecule has 3 aliphatic rings. The molecule has 7 rings (SSSR count). The van der Waals surface area contributed by atoms with Crippen LogP contribution in [0.1, 0.15) is 76.2 Å². The average Bonchev–Trinajstić information content (AvgIpc) is 3.51. The molecule has 0 saturated carbocycles. The third kappa shape index (κ3) is 5.88. The van der Waals surface area contributed by atoms with Gasteiger partial charge in [-0.2, -0.15) is 0 Å². The van der Waals surface area contributed by atoms with Crippen LogP contribution in [0.15, 0.2) is 78.9 Å². The lowest BCUT2D eigenvalue weighted by Gasteiger charge is -2.46. The van der Waals surface area contributed by atoms with E-state index in [1.807, 2.05) is 30.9 Å². The standard InChI is InChI=1S/C38H45ClN4O2/c1-27-40-34-11-7-8-12-35(34)43(27)32-25-30-15-16-31(26-32)42(30)24-21-38(28-9-5-4-6-10-28)19-22-41(23-20-38)36(44)37(2,3)45-33-17-13-29(39)14-18-33/h4-14,17-18,30-32H,15-16,19-26H2,1-3H3/t30-,31+,32?. The smallest absolute Gasteiger partial charge is 0.266 e. The van der Waals surface area contributed by atoms with Gasteiger partial charge in [0.15, 0.2) is 5.60 Å². The van der Waals surface area contributed by atoms with E-state index in [0.29, 0.717) is 28.9 Å². The van der Waals surface area contributed by atoms with E-state index in [4.69, 9.17) is 21.3 Å². The second-order valence-electron chi connectivity index (χ2n) is 14.0. The summed E-state index contributed by atoms with van der Waals surface area (Å²) in [6.45, 7) is 8.50. The minimum atomic E-state index is -0.955. The third-order valence-corrected chi connectivity index (χ3v) is 11.2. The molecule has 1 unspecified atom stereocenters. The average molecular weight is 625 g/mol. The number of carbonyl (C=O) groups is 1. The van der Waals surface area contributed by atoms with Gasteiger partial charge in [-0.05, 0) is 120 Å². The van der Waals surface area contributed by atoms with Gasteiger partial charge in [0.2, 0.25) is 0 Å². The molecule has 0 aliphatic carbocycles. The number of aromatic nitrogens is 2. The summed E-state index contributed by atoms with van der Waals surface area (Å²) < 4.78 is 8.69. The summed E-state index contributed by atoms with van der Waals surface area (Å²) in [6.07, 6.45) is 8.01. The van der Waals surface area contributed by atoms with E-state index in [0.717, 1.165) is 50.2 Å². The summed E-state index contributed by atoms with van der Waals surface area (Å²) in [5.41, 5.74) is 2.91. The molecule has 1 amide bonds. The highest BCUT2D eigenvalue weighted by Crippen LogP contribution is 2.45. The lowest BCUT2D eigenvalue weighted by atomic mass is 9.70. The molecule has 45 heavy (non-hydrogen) atoms. The molecule has 4 heterocycles. The van der Waals surface area contributed by atoms with Gasteiger partial charge in [0.25, 0.3) is 5.91 Å². The molecule has 0 radical (unpaired) electrons. The first-order valence-electron chi connectivity index (χ1n) is 16.7. The number of ether oxygens (including phenoxy) is 1. The van der Waals surface area contributed by atoms with E-state index in [-0.39, 0.29) is 11.3 Å². The Morgan fingerprint density at radius 1 is 0.911 bits per heavy atom. The highest BCUT2D eigenvalue weighted by Gasteiger charge is 2.45. The van der Waals surface area contributed by atoms with Gasteiger partial charge in [0.1, 0.15) is 11.6 Å². The number of amides is 1. The van der Waals surface area contributed by atoms with Crippen LogP contribution in [0.4, 0.5) is 0 Å². The molecular weight excluding hydrogens is 580 g/mol. The van der Waals surface area contributed by atoms with Crippen molar-refractivity contribution in [3.05, 3.63) is 95.3 Å². The molecule has 3 aromatic carbocycles. The fourth-order valence-electron chi connectivity index (χ4n) is 8.62. The number of hydrogen-bond acceptors (Lipinski definition) is 4. The summed E-state index contributed by atoms with van der Waals surface area (Å²) in [5, 5.41) is 0.652. The van der Waals surface area contributed by atoms with Crippen LogP contribution in [0.25, 0.3) is 11.0 Å². The normalized spacial score (nSPS) is 23.4. The van der Waals surface area contributed by atoms with Crippen LogP contribution < -0.4 is 4.74 Å². The van der Waals surface area contributed by atoms with Crippen LogP contribution in [0, 0.1) is 6.92 Å². The molecule has 4 aromatic rings. The first kappa shape index (κ1) is 30.3. The molecule has 2 bridgehead atoms. The Labute approximate surface area is 272 Å². The number of imidazole rings is 1. The minimum absolute atomic E-state index is 0.0431. The number of fused-ring (bicyclic) bond motifs is 3. The highest BCUT2D eigenvalue weighted by molar-refractivity contribution is 6.30. The van der Waals surface area contributed by atoms with Crippen LogP contribution >= 0.6 is 11.6 Å². The molecule has 3 saturated heterocycles. The van der Waals surface area contributed by atoms with E-state index >= 15 is 0 Å². The minimum Gasteiger partial charge on any atom is -0.478 e. The van der Waals surface area contributed by atoms with Gasteiger partial charge in [-0.3, -0.25) is 9.69 Å². The van der Waals surface area contributed by atoms with Gasteiger partial charge in [0.05, 0.1) is 11.0 Å². The highest BCUT2D eigenvalue weighted by atomic mass is 35.5. The van der Waals surface area contributed by atoms with Crippen molar-refractivity contribution in [2.45, 2.75) is 94.9 Å². The predicted molar refractivity (Wildman–Crippen MR) is 181 cm³/mol. The fraction of sp³-hybridized carbons (Fsp3) is 0.474. The molecule has 1 aromatic heterocycles. The van der Waals surface area contributed by atoms with E-state index < -0.39 is 5.60 Å². The summed E-state index contributed by atoms with van der Waals surface area (Å²) >= 11 is 6.05. The number of nitrogens with zero attached hydrogens (tertiary/aromatic N) is 4. The molecule has 3 fully saturated rings. The van der Waals surface area contributed by atoms with Crippen molar-refractivity contribution >= 4 is 28.5 Å². The summed E-state index contributed by atoms with van der Waals surface area (Å²) in [4.78, 5) is 23.5. The second kappa shape index (κ2) is 12.1. The molecule has 0 spiro atoms. The van der Waals surface area contributed by atoms with Crippen LogP contribution in [-0.2, 0) is 10.2 Å². The Morgan fingerprint density at radius 2 is 1.56 bits per heavy atom. The van der Waals surface area contributed by atoms with Crippen molar-refractivity contribution < 1.29 is 9.53 Å². The topological polar surface area (TPSA) is 50.6 Å². The zero-order chi connectivity index (χ0) is 31.2. The summed E-state index contributed by atoms with van der Waals surface area (Å²) in [6, 6.07) is 28.6. The van der Waals surface area contributed by atoms with Crippen LogP contribution in [0.5, 0.6) is 5.75 Å². The Morgan fingerprint density at radius 3 is 2.24 bits per heavy atom. The quantitative estimate of drug-likeness (QED) is 0.199. The van der Waals surface area contributed by atoms with Gasteiger partial charge in [-0.15, -0.1) is 0 Å². The van der Waals surface area contributed by atoms with Crippen molar-refractivity contribution in [3.8, 4) is 5.75 Å². The largest absolute Gasteiger partial charge is 0.478 e. The number of carbonyl (C=O) groups excluding carboxylic acids is 1. The predicted octanol–water partition coefficient (Wildman–Crippen LogP) is 7.97. The molecule has 3 atom stereocenters. The van der Waals surface area contributed by atoms with Crippen LogP contribution in [0.2, 0.25) is 5.02 Å². The maximum absolute atomic E-state index is 13.7. The lowest BCUT2D eigenvalue weighted by molar-refractivity contribution is -0.147. The number of aryl methyl sites for hydroxylation is 1. The van der Waals surface area contributed by atoms with Crippen molar-refractivity contribution in [3.63, 3.8) is 0 Å². The SMILES string of the molecule is Cc1nc2ccccc2n1C1C[C@H]2CC[C@@H](C1)N2CCC1(c2ccccc2)CCN(C(=O)C(C)(C)Oc2ccc(Cl)cc2)CC1. The Hall–Kier alpha value is -3.35. The first-order valence-corrected chi connectivity index (χ1v) is 17.1. The van der Waals surface area contributed by atoms with Gasteiger partial charge in [-0.25, -0.2) is 4.98 Å². The van der Waals surface area contributed by atoms with Gasteiger partial charge >= 0.3 is 0 Å². The van der Waals surface area contributed by atoms with Crippen molar-refractivity contribution in [2.24, 2.45) is 0 Å². The van der Waals surface area contributed by atoms with Crippen molar-refractivity contribution in [2.75, 3.05) is 19.6 Å². The molecular formula is C38H45ClN4O2. The Balaban J connectivity index is 1.03. The maximum Gasteiger partial charge on any atom is 0.266 e. The first-order chi connectivity index (χ1) is 21.7. The number of hydrogen-bond donors (Lipinski definition) is 0. The monoisotopic (exact) mass is 624 g/mol. The number of rotatable bonds is 8. The lowest BCUT2D eigenvalue weighted by Crippen LogP contribution is -2.54. The molecule has 0 N–H and O–H groups in total. The van der Waals surface area contributed by atoms with Gasteiger partial charge in [-0.1, -0.05) is 54.1 Å². The number of piperidine rings is 2. The number of likely N-dealkylation sites (tertiary alicyclic amines) is 1. The second-order valence-corrected chi connectivity index (χ2v) is 14.5. The fourth-order valence-corrected chi connectivity index (χ4v) is 8.75. The van der Waals surface area contributed by atoms with Gasteiger partial charge < -0.3 is 14.2 Å². The molecule has 7 heteroatoms. The third-order valence-electron chi connectivity index (χ3n) is 10.9. The Kier molecular flexibility index (Phi) is 8.16. The van der Waals surface area contributed by atoms with E-state index in [9.17, 15) is 4.79 Å². The van der Waals surface area contributed by atoms with Crippen molar-refractivity contribution in [1.29, 1.82) is 0 Å². The molecule has 3 aliphatic heterocycles. The zero-order valence-corrected chi connectivity index (χ0v) is 27.5. The Bertz CT molecular complexity index is 1630. The van der Waals surface area contributed by atoms with E-state index in [1.54, 1.807) is 12.1 Å². The molecule has 6 nitrogen and oxygen atoms in total. The molecule has 236 valence electrons. The van der Waals surface area contributed by atoms with Gasteiger partial charge in [0, 0.05) is 36.2 Å². The number of para-hydroxylation sites is 2. The summed E-state index contributed by atoms with van der Waals surface area (Å²) in [5.74, 6) is 1.84. The van der Waals surface area contributed by atoms with Crippen molar-refractivity contribution in [1.82, 2.24) is 19.4 Å². The summed E-state index contributed by atoms with van der Waals surface area (Å²) in [7, 11) is 0. The van der Waals surface area contributed by atoms with E-state index in [2.05, 4.69) is 71.0 Å². The number of benzene rings is 3.